The van der Waals surface area contributed by atoms with Crippen LogP contribution in [0.15, 0.2) is 66.7 Å². The van der Waals surface area contributed by atoms with Crippen molar-refractivity contribution in [3.63, 3.8) is 0 Å². The zero-order chi connectivity index (χ0) is 22.0. The molecule has 1 aliphatic heterocycles. The summed E-state index contributed by atoms with van der Waals surface area (Å²) < 4.78 is 0. The van der Waals surface area contributed by atoms with Crippen LogP contribution < -0.4 is 4.90 Å². The van der Waals surface area contributed by atoms with Crippen LogP contribution in [0.3, 0.4) is 0 Å². The van der Waals surface area contributed by atoms with Gasteiger partial charge >= 0.3 is 0 Å². The van der Waals surface area contributed by atoms with E-state index in [1.165, 1.54) is 16.7 Å². The lowest BCUT2D eigenvalue weighted by atomic mass is 9.97. The monoisotopic (exact) mass is 449 g/mol. The minimum absolute atomic E-state index is 0.175. The van der Waals surface area contributed by atoms with Crippen molar-refractivity contribution in [2.45, 2.75) is 25.9 Å². The van der Waals surface area contributed by atoms with Crippen molar-refractivity contribution in [1.29, 1.82) is 5.26 Å². The minimum Gasteiger partial charge on any atom is -0.361 e. The molecule has 0 bridgehead atoms. The molecular formula is C26H25Cl2N3. The average molecular weight is 450 g/mol. The fourth-order valence-electron chi connectivity index (χ4n) is 4.28. The topological polar surface area (TPSA) is 30.3 Å². The van der Waals surface area contributed by atoms with Gasteiger partial charge in [-0.15, -0.1) is 0 Å². The van der Waals surface area contributed by atoms with E-state index in [-0.39, 0.29) is 12.1 Å². The Morgan fingerprint density at radius 1 is 0.968 bits per heavy atom. The molecule has 31 heavy (non-hydrogen) atoms. The zero-order valence-corrected chi connectivity index (χ0v) is 19.2. The van der Waals surface area contributed by atoms with Gasteiger partial charge in [0.05, 0.1) is 28.4 Å². The maximum Gasteiger partial charge on any atom is 0.0991 e. The third-order valence-corrected chi connectivity index (χ3v) is 6.70. The van der Waals surface area contributed by atoms with E-state index in [0.29, 0.717) is 15.6 Å². The van der Waals surface area contributed by atoms with E-state index in [0.717, 1.165) is 25.3 Å². The van der Waals surface area contributed by atoms with Crippen molar-refractivity contribution in [3.8, 4) is 6.07 Å². The molecule has 3 aromatic rings. The maximum absolute atomic E-state index is 9.09. The van der Waals surface area contributed by atoms with Gasteiger partial charge in [-0.05, 0) is 55.3 Å². The van der Waals surface area contributed by atoms with E-state index in [1.54, 1.807) is 0 Å². The Kier molecular flexibility index (Phi) is 6.53. The summed E-state index contributed by atoms with van der Waals surface area (Å²) in [5, 5.41) is 10.4. The molecule has 0 unspecified atom stereocenters. The van der Waals surface area contributed by atoms with Gasteiger partial charge in [0.1, 0.15) is 0 Å². The van der Waals surface area contributed by atoms with Crippen LogP contribution in [-0.4, -0.2) is 24.5 Å². The van der Waals surface area contributed by atoms with Crippen molar-refractivity contribution < 1.29 is 0 Å². The Morgan fingerprint density at radius 2 is 1.68 bits per heavy atom. The van der Waals surface area contributed by atoms with Crippen molar-refractivity contribution in [1.82, 2.24) is 4.90 Å². The van der Waals surface area contributed by atoms with E-state index in [2.05, 4.69) is 66.1 Å². The first-order chi connectivity index (χ1) is 15.0. The minimum atomic E-state index is 0.175. The zero-order valence-electron chi connectivity index (χ0n) is 17.7. The molecule has 1 aliphatic rings. The van der Waals surface area contributed by atoms with Crippen LogP contribution in [0.25, 0.3) is 0 Å². The molecule has 0 aliphatic carbocycles. The van der Waals surface area contributed by atoms with Crippen molar-refractivity contribution in [3.05, 3.63) is 99.0 Å². The molecule has 158 valence electrons. The Hall–Kier alpha value is -2.51. The van der Waals surface area contributed by atoms with E-state index in [4.69, 9.17) is 28.5 Å². The first-order valence-corrected chi connectivity index (χ1v) is 11.2. The van der Waals surface area contributed by atoms with E-state index >= 15 is 0 Å². The van der Waals surface area contributed by atoms with Crippen molar-refractivity contribution in [2.75, 3.05) is 24.5 Å². The fourth-order valence-corrected chi connectivity index (χ4v) is 4.80. The van der Waals surface area contributed by atoms with Crippen LogP contribution in [0.4, 0.5) is 5.69 Å². The predicted molar refractivity (Wildman–Crippen MR) is 129 cm³/mol. The summed E-state index contributed by atoms with van der Waals surface area (Å²) in [6, 6.07) is 25.0. The largest absolute Gasteiger partial charge is 0.361 e. The molecule has 2 atom stereocenters. The summed E-state index contributed by atoms with van der Waals surface area (Å²) in [7, 11) is 0. The van der Waals surface area contributed by atoms with Gasteiger partial charge in [-0.3, -0.25) is 4.90 Å². The fraction of sp³-hybridized carbons (Fsp3) is 0.269. The number of hydrogen-bond donors (Lipinski definition) is 0. The highest BCUT2D eigenvalue weighted by Crippen LogP contribution is 2.38. The number of nitrogens with zero attached hydrogens (tertiary/aromatic N) is 3. The van der Waals surface area contributed by atoms with E-state index in [9.17, 15) is 0 Å². The second-order valence-electron chi connectivity index (χ2n) is 8.12. The Balaban J connectivity index is 1.65. The third-order valence-electron chi connectivity index (χ3n) is 6.16. The summed E-state index contributed by atoms with van der Waals surface area (Å²) in [5.41, 5.74) is 5.45. The summed E-state index contributed by atoms with van der Waals surface area (Å²) in [4.78, 5) is 4.90. The average Bonchev–Trinajstić information content (AvgIpc) is 2.79. The van der Waals surface area contributed by atoms with Crippen LogP contribution in [0.1, 0.15) is 41.3 Å². The normalized spacial score (nSPS) is 17.9. The lowest BCUT2D eigenvalue weighted by molar-refractivity contribution is 0.171. The highest BCUT2D eigenvalue weighted by molar-refractivity contribution is 6.36. The number of benzene rings is 3. The van der Waals surface area contributed by atoms with E-state index < -0.39 is 0 Å². The Labute approximate surface area is 194 Å². The number of nitriles is 1. The quantitative estimate of drug-likeness (QED) is 0.438. The summed E-state index contributed by atoms with van der Waals surface area (Å²) >= 11 is 12.7. The molecule has 0 radical (unpaired) electrons. The second-order valence-corrected chi connectivity index (χ2v) is 8.96. The van der Waals surface area contributed by atoms with Crippen LogP contribution in [0, 0.1) is 18.3 Å². The number of piperazine rings is 1. The SMILES string of the molecule is Cc1ccc([C@@H]2CN([C@H](C)c3ccc(C#N)cc3)CCN2c2ccc(Cl)cc2Cl)cc1. The van der Waals surface area contributed by atoms with Gasteiger partial charge in [0.2, 0.25) is 0 Å². The number of aryl methyl sites for hydroxylation is 1. The number of anilines is 1. The first-order valence-electron chi connectivity index (χ1n) is 10.5. The highest BCUT2D eigenvalue weighted by atomic mass is 35.5. The van der Waals surface area contributed by atoms with Gasteiger partial charge in [-0.25, -0.2) is 0 Å². The van der Waals surface area contributed by atoms with Crippen molar-refractivity contribution >= 4 is 28.9 Å². The first kappa shape index (κ1) is 21.7. The van der Waals surface area contributed by atoms with Crippen LogP contribution in [0.2, 0.25) is 10.0 Å². The maximum atomic E-state index is 9.09. The molecule has 4 rings (SSSR count). The molecular weight excluding hydrogens is 425 g/mol. The van der Waals surface area contributed by atoms with Gasteiger partial charge < -0.3 is 4.90 Å². The van der Waals surface area contributed by atoms with E-state index in [1.807, 2.05) is 30.3 Å². The smallest absolute Gasteiger partial charge is 0.0991 e. The summed E-state index contributed by atoms with van der Waals surface area (Å²) in [5.74, 6) is 0. The molecule has 0 saturated carbocycles. The van der Waals surface area contributed by atoms with Gasteiger partial charge in [0, 0.05) is 30.7 Å². The second kappa shape index (κ2) is 9.32. The Morgan fingerprint density at radius 3 is 2.32 bits per heavy atom. The molecule has 1 heterocycles. The molecule has 0 amide bonds. The molecule has 1 fully saturated rings. The van der Waals surface area contributed by atoms with Crippen LogP contribution in [-0.2, 0) is 0 Å². The summed E-state index contributed by atoms with van der Waals surface area (Å²) in [6.07, 6.45) is 0. The van der Waals surface area contributed by atoms with Crippen LogP contribution >= 0.6 is 23.2 Å². The lowest BCUT2D eigenvalue weighted by Crippen LogP contribution is -2.49. The van der Waals surface area contributed by atoms with Gasteiger partial charge in [0.15, 0.2) is 0 Å². The number of rotatable bonds is 4. The number of halogens is 2. The Bertz CT molecular complexity index is 1090. The van der Waals surface area contributed by atoms with Crippen molar-refractivity contribution in [2.24, 2.45) is 0 Å². The third kappa shape index (κ3) is 4.72. The standard InChI is InChI=1S/C26H25Cl2N3/c1-18-3-7-22(8-4-18)26-17-30(19(2)21-9-5-20(16-29)6-10-21)13-14-31(26)25-12-11-23(27)15-24(25)28/h3-12,15,19,26H,13-14,17H2,1-2H3/t19-,26+/m1/s1. The molecule has 0 N–H and O–H groups in total. The summed E-state index contributed by atoms with van der Waals surface area (Å²) in [6.45, 7) is 7.00. The molecule has 1 saturated heterocycles. The molecule has 3 nitrogen and oxygen atoms in total. The molecule has 3 aromatic carbocycles. The molecule has 0 spiro atoms. The lowest BCUT2D eigenvalue weighted by Gasteiger charge is -2.45. The van der Waals surface area contributed by atoms with Gasteiger partial charge in [0.25, 0.3) is 0 Å². The molecule has 0 aromatic heterocycles. The van der Waals surface area contributed by atoms with Crippen LogP contribution in [0.5, 0.6) is 0 Å². The molecule has 5 heteroatoms. The van der Waals surface area contributed by atoms with Gasteiger partial charge in [-0.2, -0.15) is 5.26 Å². The number of hydrogen-bond acceptors (Lipinski definition) is 3. The predicted octanol–water partition coefficient (Wildman–Crippen LogP) is 6.80. The van der Waals surface area contributed by atoms with Gasteiger partial charge in [-0.1, -0.05) is 65.2 Å². The highest BCUT2D eigenvalue weighted by Gasteiger charge is 2.32.